The van der Waals surface area contributed by atoms with Gasteiger partial charge in [0.15, 0.2) is 39.4 Å². The molecule has 0 aliphatic carbocycles. The molecule has 0 bridgehead atoms. The van der Waals surface area contributed by atoms with Gasteiger partial charge in [-0.05, 0) is 128 Å². The first kappa shape index (κ1) is 72.8. The molecule has 0 N–H and O–H groups in total. The normalized spacial score (nSPS) is 27.7. The lowest BCUT2D eigenvalue weighted by atomic mass is 9.80. The van der Waals surface area contributed by atoms with Gasteiger partial charge in [0, 0.05) is 43.1 Å². The van der Waals surface area contributed by atoms with Crippen molar-refractivity contribution in [2.75, 3.05) is 20.8 Å². The van der Waals surface area contributed by atoms with Gasteiger partial charge < -0.3 is 36.7 Å². The van der Waals surface area contributed by atoms with Gasteiger partial charge >= 0.3 is 5.97 Å². The smallest absolute Gasteiger partial charge is 0.336 e. The van der Waals surface area contributed by atoms with Crippen LogP contribution < -0.4 is 4.74 Å². The molecule has 454 valence electrons. The molecule has 11 nitrogen and oxygen atoms in total. The van der Waals surface area contributed by atoms with E-state index in [4.69, 9.17) is 36.7 Å². The minimum Gasteiger partial charge on any atom is -0.497 e. The third-order valence-electron chi connectivity index (χ3n) is 18.9. The molecule has 0 spiro atoms. The number of hydrogen-bond donors (Lipinski definition) is 0. The Balaban J connectivity index is 3.44. The number of ketones is 2. The van der Waals surface area contributed by atoms with Crippen molar-refractivity contribution in [3.63, 3.8) is 0 Å². The molecule has 0 radical (unpaired) electrons. The van der Waals surface area contributed by atoms with E-state index in [1.807, 2.05) is 65.0 Å². The predicted molar refractivity (Wildman–Crippen MR) is 338 cm³/mol. The number of carbonyl (C=O) groups excluding carboxylic acids is 3. The summed E-state index contributed by atoms with van der Waals surface area (Å²) in [5.41, 5.74) is 2.69. The van der Waals surface area contributed by atoms with Crippen molar-refractivity contribution >= 4 is 50.8 Å². The van der Waals surface area contributed by atoms with Gasteiger partial charge in [-0.3, -0.25) is 9.59 Å². The molecule has 0 unspecified atom stereocenters. The van der Waals surface area contributed by atoms with E-state index in [-0.39, 0.29) is 57.3 Å². The Labute approximate surface area is 487 Å². The zero-order valence-corrected chi connectivity index (χ0v) is 59.7. The van der Waals surface area contributed by atoms with Crippen LogP contribution in [0.1, 0.15) is 150 Å². The molecule has 1 aliphatic heterocycles. The summed E-state index contributed by atoms with van der Waals surface area (Å²) in [4.78, 5) is 46.4. The van der Waals surface area contributed by atoms with E-state index in [1.54, 1.807) is 14.2 Å². The molecule has 79 heavy (non-hydrogen) atoms. The zero-order valence-electron chi connectivity index (χ0n) is 55.7. The van der Waals surface area contributed by atoms with Crippen molar-refractivity contribution in [2.45, 2.75) is 261 Å². The van der Waals surface area contributed by atoms with Crippen LogP contribution in [0.15, 0.2) is 59.7 Å². The SMILES string of the molecule is C/C=C\[C@H](C)/C=C(\C)[C@@H](O[Si](C)(C)C(C)(C)C)[C@H]1COC(=O)[C@H](O[Si](C)(C)C(C)(C)C)[C@@H](OC)[C@H](C)C(=O)[C@H](C)[C@@H](O[Si](C)(C)C(C)(C)C)/C(C)=C/[C@H](C)C(=O)C[C@H](O[Si](C)(C)C(C)(C)C)[C@@H](C)[C@@H]1OCc1ccc(OC)cc1. The number of cyclic esters (lactones) is 1. The Morgan fingerprint density at radius 1 is 0.696 bits per heavy atom. The predicted octanol–water partition coefficient (Wildman–Crippen LogP) is 16.5. The van der Waals surface area contributed by atoms with Crippen molar-refractivity contribution in [3.8, 4) is 5.75 Å². The van der Waals surface area contributed by atoms with Crippen molar-refractivity contribution in [1.29, 1.82) is 0 Å². The number of carbonyl (C=O) groups is 3. The maximum Gasteiger partial charge on any atom is 0.336 e. The van der Waals surface area contributed by atoms with E-state index in [9.17, 15) is 0 Å². The van der Waals surface area contributed by atoms with E-state index in [0.717, 1.165) is 22.5 Å². The number of allylic oxidation sites excluding steroid dienone is 4. The quantitative estimate of drug-likeness (QED) is 0.0841. The van der Waals surface area contributed by atoms with Gasteiger partial charge in [-0.1, -0.05) is 154 Å². The molecule has 15 heteroatoms. The minimum absolute atomic E-state index is 0.00160. The van der Waals surface area contributed by atoms with Gasteiger partial charge in [0.1, 0.15) is 23.4 Å². The van der Waals surface area contributed by atoms with Crippen molar-refractivity contribution in [2.24, 2.45) is 35.5 Å². The Hall–Kier alpha value is -2.32. The van der Waals surface area contributed by atoms with Crippen molar-refractivity contribution in [1.82, 2.24) is 0 Å². The molecular weight excluding hydrogens is 1060 g/mol. The average molecular weight is 1170 g/mol. The van der Waals surface area contributed by atoms with E-state index >= 15 is 14.4 Å². The number of hydrogen-bond acceptors (Lipinski definition) is 11. The standard InChI is InChI=1S/C64H116O11Si4/c1-31-32-42(2)37-44(4)56(74-78(27,28)63(15,16)17)51-41-71-60(67)59(75-79(29,30)64(18,19)20)58(69-22)48(8)54(66)47(7)55(73-77(25,26)62(12,13)14)45(5)38-43(3)52(65)39-53(72-76(23,24)61(9,10)11)46(6)57(51)70-40-49-33-35-50(68-21)36-34-49/h31-38,42-43,46-48,51,53,55-59H,39-41H2,1-30H3/b32-31-,44-37+,45-38+/t42-,43-,46+,47-,48+,51+,53-,55-,56+,57-,58-,59+/m0/s1. The molecule has 1 aromatic rings. The number of benzene rings is 1. The first-order valence-electron chi connectivity index (χ1n) is 29.4. The van der Waals surface area contributed by atoms with Crippen LogP contribution in [0.3, 0.4) is 0 Å². The summed E-state index contributed by atoms with van der Waals surface area (Å²) < 4.78 is 55.9. The Kier molecular flexibility index (Phi) is 26.3. The Bertz CT molecular complexity index is 2220. The van der Waals surface area contributed by atoms with Crippen LogP contribution >= 0.6 is 0 Å². The Morgan fingerprint density at radius 2 is 1.18 bits per heavy atom. The minimum atomic E-state index is -2.79. The molecule has 0 aromatic heterocycles. The summed E-state index contributed by atoms with van der Waals surface area (Å²) in [6.45, 7) is 59.9. The second-order valence-electron chi connectivity index (χ2n) is 29.4. The van der Waals surface area contributed by atoms with Crippen LogP contribution in [-0.2, 0) is 52.9 Å². The highest BCUT2D eigenvalue weighted by Gasteiger charge is 2.51. The molecule has 1 aromatic carbocycles. The third-order valence-corrected chi connectivity index (χ3v) is 36.7. The van der Waals surface area contributed by atoms with E-state index < -0.39 is 105 Å². The fourth-order valence-corrected chi connectivity index (χ4v) is 14.6. The lowest BCUT2D eigenvalue weighted by molar-refractivity contribution is -0.170. The van der Waals surface area contributed by atoms with Crippen LogP contribution in [0.2, 0.25) is 72.5 Å². The fraction of sp³-hybridized carbons (Fsp3) is 0.766. The molecule has 1 aliphatic rings. The number of Topliss-reactive ketones (excluding diaryl/α,β-unsaturated/α-hetero) is 2. The molecule has 1 heterocycles. The molecule has 0 saturated heterocycles. The van der Waals surface area contributed by atoms with Crippen LogP contribution in [0.25, 0.3) is 0 Å². The summed E-state index contributed by atoms with van der Waals surface area (Å²) >= 11 is 0. The third kappa shape index (κ3) is 19.6. The fourth-order valence-electron chi connectivity index (χ4n) is 9.29. The maximum absolute atomic E-state index is 15.7. The molecule has 0 fully saturated rings. The van der Waals surface area contributed by atoms with Crippen LogP contribution in [-0.4, -0.2) is 108 Å². The van der Waals surface area contributed by atoms with Gasteiger partial charge in [0.2, 0.25) is 0 Å². The second-order valence-corrected chi connectivity index (χ2v) is 48.5. The highest BCUT2D eigenvalue weighted by molar-refractivity contribution is 6.75. The van der Waals surface area contributed by atoms with Gasteiger partial charge in [0.05, 0.1) is 44.7 Å². The topological polar surface area (TPSA) is 125 Å². The monoisotopic (exact) mass is 1170 g/mol. The van der Waals surface area contributed by atoms with Gasteiger partial charge in [0.25, 0.3) is 0 Å². The van der Waals surface area contributed by atoms with Gasteiger partial charge in [-0.2, -0.15) is 0 Å². The second kappa shape index (κ2) is 28.5. The first-order chi connectivity index (χ1) is 35.7. The summed E-state index contributed by atoms with van der Waals surface area (Å²) in [6, 6.07) is 7.84. The summed E-state index contributed by atoms with van der Waals surface area (Å²) in [6.07, 6.45) is 3.60. The van der Waals surface area contributed by atoms with E-state index in [1.165, 1.54) is 0 Å². The molecule has 0 saturated carbocycles. The molecule has 12 atom stereocenters. The van der Waals surface area contributed by atoms with Gasteiger partial charge in [-0.25, -0.2) is 4.79 Å². The van der Waals surface area contributed by atoms with E-state index in [0.29, 0.717) is 0 Å². The van der Waals surface area contributed by atoms with Crippen LogP contribution in [0.5, 0.6) is 5.75 Å². The molecule has 2 rings (SSSR count). The summed E-state index contributed by atoms with van der Waals surface area (Å²) in [7, 11) is -7.39. The van der Waals surface area contributed by atoms with Crippen LogP contribution in [0.4, 0.5) is 0 Å². The molecule has 0 amide bonds. The lowest BCUT2D eigenvalue weighted by Crippen LogP contribution is -2.56. The number of esters is 1. The lowest BCUT2D eigenvalue weighted by Gasteiger charge is -2.47. The van der Waals surface area contributed by atoms with Crippen molar-refractivity contribution < 1.29 is 51.0 Å². The Morgan fingerprint density at radius 3 is 1.63 bits per heavy atom. The highest BCUT2D eigenvalue weighted by Crippen LogP contribution is 2.45. The highest BCUT2D eigenvalue weighted by atomic mass is 28.4. The average Bonchev–Trinajstić information content (AvgIpc) is 3.30. The summed E-state index contributed by atoms with van der Waals surface area (Å²) in [5, 5.41) is -0.915. The summed E-state index contributed by atoms with van der Waals surface area (Å²) in [5.74, 6) is -3.17. The van der Waals surface area contributed by atoms with E-state index in [2.05, 4.69) is 174 Å². The maximum atomic E-state index is 15.7. The number of ether oxygens (including phenoxy) is 4. The largest absolute Gasteiger partial charge is 0.497 e. The number of methoxy groups -OCH3 is 2. The first-order valence-corrected chi connectivity index (χ1v) is 41.1. The number of rotatable bonds is 17. The van der Waals surface area contributed by atoms with Crippen molar-refractivity contribution in [3.05, 3.63) is 65.3 Å². The zero-order chi connectivity index (χ0) is 61.4. The van der Waals surface area contributed by atoms with Gasteiger partial charge in [-0.15, -0.1) is 0 Å². The molecular formula is C64H116O11Si4. The van der Waals surface area contributed by atoms with Crippen LogP contribution in [0, 0.1) is 35.5 Å².